The van der Waals surface area contributed by atoms with Crippen molar-refractivity contribution in [2.45, 2.75) is 50.7 Å². The summed E-state index contributed by atoms with van der Waals surface area (Å²) in [6, 6.07) is 0. The van der Waals surface area contributed by atoms with Crippen LogP contribution in [0.3, 0.4) is 0 Å². The minimum Gasteiger partial charge on any atom is -0.481 e. The molecular formula is C19H25NO4. The Bertz CT molecular complexity index is 577. The van der Waals surface area contributed by atoms with Crippen LogP contribution in [0.2, 0.25) is 0 Å². The molecule has 6 aliphatic rings. The first-order valence-electron chi connectivity index (χ1n) is 9.37. The zero-order chi connectivity index (χ0) is 16.5. The van der Waals surface area contributed by atoms with Crippen LogP contribution in [0, 0.1) is 35.0 Å². The van der Waals surface area contributed by atoms with Crippen molar-refractivity contribution in [3.8, 4) is 0 Å². The van der Waals surface area contributed by atoms with Crippen LogP contribution in [-0.2, 0) is 14.3 Å². The molecule has 4 aliphatic carbocycles. The molecule has 0 radical (unpaired) electrons. The summed E-state index contributed by atoms with van der Waals surface area (Å²) < 4.78 is 5.62. The van der Waals surface area contributed by atoms with E-state index in [-0.39, 0.29) is 17.4 Å². The number of fused-ring (bicyclic) bond motifs is 2. The van der Waals surface area contributed by atoms with Crippen LogP contribution in [0.1, 0.15) is 38.5 Å². The van der Waals surface area contributed by atoms with E-state index < -0.39 is 23.9 Å². The summed E-state index contributed by atoms with van der Waals surface area (Å²) in [5.74, 6) is 0.190. The number of carbonyl (C=O) groups is 2. The van der Waals surface area contributed by atoms with Gasteiger partial charge in [-0.05, 0) is 61.7 Å². The molecule has 0 aromatic heterocycles. The first-order chi connectivity index (χ1) is 11.5. The summed E-state index contributed by atoms with van der Waals surface area (Å²) in [7, 11) is 0. The van der Waals surface area contributed by atoms with E-state index in [4.69, 9.17) is 4.74 Å². The van der Waals surface area contributed by atoms with Gasteiger partial charge in [-0.2, -0.15) is 0 Å². The molecule has 5 fully saturated rings. The van der Waals surface area contributed by atoms with Crippen LogP contribution < -0.4 is 5.32 Å². The number of amides is 1. The lowest BCUT2D eigenvalue weighted by molar-refractivity contribution is -0.147. The standard InChI is InChI=1S/C19H25NO4/c21-17(15-13-1-2-14(24-13)16(15)18(22)23)20-9-19-6-10-3-11(7-19)5-12(4-10)8-19/h1-2,10-16H,3-9H2,(H,20,21)(H,22,23)/t10?,11?,12?,13-,14+,15+,16+,19?/m1/s1. The normalized spacial score (nSPS) is 50.4. The fourth-order valence-electron chi connectivity index (χ4n) is 6.81. The Balaban J connectivity index is 1.28. The van der Waals surface area contributed by atoms with E-state index in [1.807, 2.05) is 6.08 Å². The Morgan fingerprint density at radius 3 is 2.08 bits per heavy atom. The molecule has 5 heteroatoms. The summed E-state index contributed by atoms with van der Waals surface area (Å²) in [5.41, 5.74) is 0.275. The van der Waals surface area contributed by atoms with Gasteiger partial charge in [-0.15, -0.1) is 0 Å². The number of carboxylic acids is 1. The third kappa shape index (κ3) is 2.17. The van der Waals surface area contributed by atoms with Crippen LogP contribution in [0.25, 0.3) is 0 Å². The number of carboxylic acid groups (broad SMARTS) is 1. The second kappa shape index (κ2) is 5.07. The van der Waals surface area contributed by atoms with E-state index in [0.717, 1.165) is 24.3 Å². The molecule has 130 valence electrons. The molecule has 5 nitrogen and oxygen atoms in total. The molecule has 2 N–H and O–H groups in total. The van der Waals surface area contributed by atoms with Crippen molar-refractivity contribution in [2.24, 2.45) is 35.0 Å². The maximum absolute atomic E-state index is 12.8. The second-order valence-corrected chi connectivity index (χ2v) is 8.98. The zero-order valence-electron chi connectivity index (χ0n) is 13.8. The Hall–Kier alpha value is -1.36. The Morgan fingerprint density at radius 2 is 1.54 bits per heavy atom. The van der Waals surface area contributed by atoms with Crippen molar-refractivity contribution in [2.75, 3.05) is 6.54 Å². The number of rotatable bonds is 4. The quantitative estimate of drug-likeness (QED) is 0.772. The molecular weight excluding hydrogens is 306 g/mol. The predicted molar refractivity (Wildman–Crippen MR) is 86.0 cm³/mol. The molecule has 0 unspecified atom stereocenters. The number of nitrogens with one attached hydrogen (secondary N) is 1. The van der Waals surface area contributed by atoms with Gasteiger partial charge in [0.2, 0.25) is 5.91 Å². The molecule has 6 rings (SSSR count). The van der Waals surface area contributed by atoms with Gasteiger partial charge < -0.3 is 15.2 Å². The zero-order valence-corrected chi connectivity index (χ0v) is 13.8. The van der Waals surface area contributed by atoms with Crippen molar-refractivity contribution in [3.05, 3.63) is 12.2 Å². The minimum atomic E-state index is -0.929. The van der Waals surface area contributed by atoms with Crippen LogP contribution in [-0.4, -0.2) is 35.7 Å². The van der Waals surface area contributed by atoms with E-state index in [1.165, 1.54) is 38.5 Å². The minimum absolute atomic E-state index is 0.130. The molecule has 0 aromatic carbocycles. The first-order valence-corrected chi connectivity index (χ1v) is 9.37. The van der Waals surface area contributed by atoms with E-state index in [9.17, 15) is 14.7 Å². The van der Waals surface area contributed by atoms with Gasteiger partial charge >= 0.3 is 5.97 Å². The van der Waals surface area contributed by atoms with Crippen molar-refractivity contribution in [3.63, 3.8) is 0 Å². The second-order valence-electron chi connectivity index (χ2n) is 8.98. The van der Waals surface area contributed by atoms with E-state index in [1.54, 1.807) is 6.08 Å². The van der Waals surface area contributed by atoms with E-state index in [0.29, 0.717) is 0 Å². The van der Waals surface area contributed by atoms with E-state index >= 15 is 0 Å². The number of ether oxygens (including phenoxy) is 1. The lowest BCUT2D eigenvalue weighted by Gasteiger charge is -2.57. The smallest absolute Gasteiger partial charge is 0.310 e. The first kappa shape index (κ1) is 14.9. The van der Waals surface area contributed by atoms with Crippen LogP contribution in [0.4, 0.5) is 0 Å². The van der Waals surface area contributed by atoms with Crippen LogP contribution >= 0.6 is 0 Å². The molecule has 1 saturated heterocycles. The Morgan fingerprint density at radius 1 is 1.00 bits per heavy atom. The largest absolute Gasteiger partial charge is 0.481 e. The SMILES string of the molecule is O=C(O)[C@@H]1[C@@H](C(=O)NCC23CC4CC(CC(C4)C2)C3)[C@H]2C=C[C@@H]1O2. The third-order valence-electron chi connectivity index (χ3n) is 7.29. The van der Waals surface area contributed by atoms with Crippen LogP contribution in [0.5, 0.6) is 0 Å². The molecule has 4 atom stereocenters. The average molecular weight is 331 g/mol. The maximum Gasteiger partial charge on any atom is 0.310 e. The van der Waals surface area contributed by atoms with Crippen molar-refractivity contribution < 1.29 is 19.4 Å². The fraction of sp³-hybridized carbons (Fsp3) is 0.789. The summed E-state index contributed by atoms with van der Waals surface area (Å²) >= 11 is 0. The summed E-state index contributed by atoms with van der Waals surface area (Å²) in [5, 5.41) is 12.6. The number of hydrogen-bond donors (Lipinski definition) is 2. The summed E-state index contributed by atoms with van der Waals surface area (Å²) in [6.07, 6.45) is 10.7. The third-order valence-corrected chi connectivity index (χ3v) is 7.29. The van der Waals surface area contributed by atoms with Gasteiger partial charge in [0.05, 0.1) is 18.1 Å². The van der Waals surface area contributed by atoms with E-state index in [2.05, 4.69) is 5.32 Å². The highest BCUT2D eigenvalue weighted by Crippen LogP contribution is 2.59. The Labute approximate surface area is 141 Å². The fourth-order valence-corrected chi connectivity index (χ4v) is 6.81. The predicted octanol–water partition coefficient (Wildman–Crippen LogP) is 1.97. The van der Waals surface area contributed by atoms with Gasteiger partial charge in [0.1, 0.15) is 5.92 Å². The number of aliphatic carboxylic acids is 1. The van der Waals surface area contributed by atoms with Crippen molar-refractivity contribution in [1.29, 1.82) is 0 Å². The molecule has 24 heavy (non-hydrogen) atoms. The number of carbonyl (C=O) groups excluding carboxylic acids is 1. The van der Waals surface area contributed by atoms with Crippen molar-refractivity contribution >= 4 is 11.9 Å². The highest BCUT2D eigenvalue weighted by molar-refractivity contribution is 5.87. The molecule has 6 bridgehead atoms. The van der Waals surface area contributed by atoms with Crippen LogP contribution in [0.15, 0.2) is 12.2 Å². The molecule has 4 saturated carbocycles. The van der Waals surface area contributed by atoms with Gasteiger partial charge in [-0.25, -0.2) is 0 Å². The molecule has 2 aliphatic heterocycles. The van der Waals surface area contributed by atoms with Crippen molar-refractivity contribution in [1.82, 2.24) is 5.32 Å². The highest BCUT2D eigenvalue weighted by Gasteiger charge is 2.54. The topological polar surface area (TPSA) is 75.6 Å². The maximum atomic E-state index is 12.8. The van der Waals surface area contributed by atoms with Gasteiger partial charge in [-0.1, -0.05) is 12.2 Å². The number of hydrogen-bond acceptors (Lipinski definition) is 3. The lowest BCUT2D eigenvalue weighted by atomic mass is 9.49. The summed E-state index contributed by atoms with van der Waals surface area (Å²) in [4.78, 5) is 24.3. The Kier molecular flexibility index (Phi) is 3.16. The highest BCUT2D eigenvalue weighted by atomic mass is 16.5. The lowest BCUT2D eigenvalue weighted by Crippen LogP contribution is -2.52. The monoisotopic (exact) mass is 331 g/mol. The van der Waals surface area contributed by atoms with Gasteiger partial charge in [0.25, 0.3) is 0 Å². The summed E-state index contributed by atoms with van der Waals surface area (Å²) in [6.45, 7) is 0.722. The van der Waals surface area contributed by atoms with Gasteiger partial charge in [0.15, 0.2) is 0 Å². The molecule has 2 heterocycles. The molecule has 0 aromatic rings. The molecule has 0 spiro atoms. The van der Waals surface area contributed by atoms with Gasteiger partial charge in [-0.3, -0.25) is 9.59 Å². The van der Waals surface area contributed by atoms with Gasteiger partial charge in [0, 0.05) is 6.54 Å². The molecule has 1 amide bonds. The average Bonchev–Trinajstić information content (AvgIpc) is 3.12.